The number of nitriles is 1. The van der Waals surface area contributed by atoms with Crippen LogP contribution in [-0.2, 0) is 4.74 Å². The average Bonchev–Trinajstić information content (AvgIpc) is 2.84. The van der Waals surface area contributed by atoms with E-state index in [1.54, 1.807) is 12.1 Å². The van der Waals surface area contributed by atoms with E-state index in [1.807, 2.05) is 6.07 Å². The number of nitrogens with one attached hydrogen (secondary N) is 2. The van der Waals surface area contributed by atoms with Crippen LogP contribution in [0.1, 0.15) is 12.0 Å². The van der Waals surface area contributed by atoms with Gasteiger partial charge in [-0.25, -0.2) is 4.79 Å². The third-order valence-electron chi connectivity index (χ3n) is 2.68. The fourth-order valence-electron chi connectivity index (χ4n) is 1.76. The predicted octanol–water partition coefficient (Wildman–Crippen LogP) is 1.05. The van der Waals surface area contributed by atoms with Crippen molar-refractivity contribution >= 4 is 17.4 Å². The third-order valence-corrected chi connectivity index (χ3v) is 2.68. The maximum atomic E-state index is 11.7. The van der Waals surface area contributed by atoms with Crippen molar-refractivity contribution in [2.24, 2.45) is 0 Å². The van der Waals surface area contributed by atoms with Crippen LogP contribution in [0.5, 0.6) is 0 Å². The van der Waals surface area contributed by atoms with Crippen LogP contribution in [0.15, 0.2) is 18.2 Å². The summed E-state index contributed by atoms with van der Waals surface area (Å²) in [7, 11) is 0. The van der Waals surface area contributed by atoms with Crippen LogP contribution in [0.2, 0.25) is 0 Å². The highest BCUT2D eigenvalue weighted by Gasteiger charge is 2.18. The molecule has 0 saturated carbocycles. The van der Waals surface area contributed by atoms with E-state index < -0.39 is 0 Å². The summed E-state index contributed by atoms with van der Waals surface area (Å²) in [6.45, 7) is 1.19. The second-order valence-corrected chi connectivity index (χ2v) is 4.08. The maximum Gasteiger partial charge on any atom is 0.319 e. The number of carbonyl (C=O) groups is 1. The van der Waals surface area contributed by atoms with Crippen molar-refractivity contribution in [1.82, 2.24) is 5.32 Å². The van der Waals surface area contributed by atoms with Gasteiger partial charge in [-0.1, -0.05) is 0 Å². The summed E-state index contributed by atoms with van der Waals surface area (Å²) in [6, 6.07) is 6.44. The molecule has 6 nitrogen and oxygen atoms in total. The average molecular weight is 246 g/mol. The summed E-state index contributed by atoms with van der Waals surface area (Å²) < 4.78 is 5.16. The fourth-order valence-corrected chi connectivity index (χ4v) is 1.76. The first-order valence-corrected chi connectivity index (χ1v) is 5.64. The van der Waals surface area contributed by atoms with Gasteiger partial charge in [0.25, 0.3) is 0 Å². The van der Waals surface area contributed by atoms with E-state index in [2.05, 4.69) is 10.6 Å². The second kappa shape index (κ2) is 5.38. The van der Waals surface area contributed by atoms with Gasteiger partial charge in [0.2, 0.25) is 0 Å². The van der Waals surface area contributed by atoms with Crippen molar-refractivity contribution in [2.75, 3.05) is 24.3 Å². The molecule has 0 bridgehead atoms. The molecule has 1 atom stereocenters. The molecule has 18 heavy (non-hydrogen) atoms. The highest BCUT2D eigenvalue weighted by molar-refractivity contribution is 5.91. The van der Waals surface area contributed by atoms with Gasteiger partial charge in [-0.3, -0.25) is 0 Å². The smallest absolute Gasteiger partial charge is 0.319 e. The molecule has 1 aromatic rings. The molecule has 1 aliphatic heterocycles. The predicted molar refractivity (Wildman–Crippen MR) is 66.9 cm³/mol. The first-order valence-electron chi connectivity index (χ1n) is 5.64. The van der Waals surface area contributed by atoms with Crippen LogP contribution in [-0.4, -0.2) is 25.3 Å². The van der Waals surface area contributed by atoms with Gasteiger partial charge in [0.15, 0.2) is 0 Å². The quantitative estimate of drug-likeness (QED) is 0.679. The number of anilines is 2. The van der Waals surface area contributed by atoms with Crippen LogP contribution in [0.25, 0.3) is 0 Å². The van der Waals surface area contributed by atoms with E-state index in [1.165, 1.54) is 6.07 Å². The summed E-state index contributed by atoms with van der Waals surface area (Å²) in [5.41, 5.74) is 6.85. The van der Waals surface area contributed by atoms with Crippen LogP contribution < -0.4 is 16.4 Å². The van der Waals surface area contributed by atoms with Gasteiger partial charge in [0, 0.05) is 12.3 Å². The molecule has 1 aromatic carbocycles. The van der Waals surface area contributed by atoms with Crippen LogP contribution in [0.3, 0.4) is 0 Å². The van der Waals surface area contributed by atoms with Crippen LogP contribution in [0, 0.1) is 11.3 Å². The zero-order valence-electron chi connectivity index (χ0n) is 9.77. The Balaban J connectivity index is 2.00. The molecule has 94 valence electrons. The molecule has 1 saturated heterocycles. The van der Waals surface area contributed by atoms with E-state index >= 15 is 0 Å². The van der Waals surface area contributed by atoms with Crippen LogP contribution in [0.4, 0.5) is 16.2 Å². The molecule has 1 unspecified atom stereocenters. The van der Waals surface area contributed by atoms with Crippen molar-refractivity contribution in [2.45, 2.75) is 12.5 Å². The number of benzene rings is 1. The van der Waals surface area contributed by atoms with Crippen molar-refractivity contribution in [3.05, 3.63) is 23.8 Å². The van der Waals surface area contributed by atoms with E-state index in [0.29, 0.717) is 30.2 Å². The molecule has 0 spiro atoms. The molecule has 1 aliphatic rings. The lowest BCUT2D eigenvalue weighted by atomic mass is 10.2. The largest absolute Gasteiger partial charge is 0.399 e. The van der Waals surface area contributed by atoms with E-state index in [0.717, 1.165) is 6.42 Å². The minimum absolute atomic E-state index is 0.0318. The first kappa shape index (κ1) is 12.2. The number of hydrogen-bond acceptors (Lipinski definition) is 4. The molecule has 4 N–H and O–H groups in total. The molecular weight excluding hydrogens is 232 g/mol. The van der Waals surface area contributed by atoms with E-state index in [9.17, 15) is 4.79 Å². The van der Waals surface area contributed by atoms with Gasteiger partial charge < -0.3 is 21.1 Å². The molecule has 2 amide bonds. The first-order chi connectivity index (χ1) is 8.69. The third kappa shape index (κ3) is 2.90. The number of nitrogens with zero attached hydrogens (tertiary/aromatic N) is 1. The monoisotopic (exact) mass is 246 g/mol. The zero-order valence-corrected chi connectivity index (χ0v) is 9.77. The topological polar surface area (TPSA) is 100 Å². The molecule has 1 heterocycles. The Morgan fingerprint density at radius 2 is 2.39 bits per heavy atom. The molecule has 0 radical (unpaired) electrons. The summed E-state index contributed by atoms with van der Waals surface area (Å²) in [4.78, 5) is 11.7. The molecular formula is C12H14N4O2. The highest BCUT2D eigenvalue weighted by atomic mass is 16.5. The minimum Gasteiger partial charge on any atom is -0.399 e. The van der Waals surface area contributed by atoms with Gasteiger partial charge >= 0.3 is 6.03 Å². The Morgan fingerprint density at radius 3 is 3.06 bits per heavy atom. The molecule has 1 fully saturated rings. The van der Waals surface area contributed by atoms with Crippen molar-refractivity contribution in [3.63, 3.8) is 0 Å². The van der Waals surface area contributed by atoms with E-state index in [-0.39, 0.29) is 12.1 Å². The Hall–Kier alpha value is -2.26. The maximum absolute atomic E-state index is 11.7. The number of amides is 2. The zero-order chi connectivity index (χ0) is 13.0. The lowest BCUT2D eigenvalue weighted by molar-refractivity contribution is 0.189. The normalized spacial score (nSPS) is 18.1. The Bertz CT molecular complexity index is 489. The number of carbonyl (C=O) groups excluding carboxylic acids is 1. The number of hydrogen-bond donors (Lipinski definition) is 3. The van der Waals surface area contributed by atoms with Gasteiger partial charge in [0.1, 0.15) is 6.07 Å². The second-order valence-electron chi connectivity index (χ2n) is 4.08. The lowest BCUT2D eigenvalue weighted by Crippen LogP contribution is -2.38. The Labute approximate surface area is 105 Å². The fraction of sp³-hybridized carbons (Fsp3) is 0.333. The summed E-state index contributed by atoms with van der Waals surface area (Å²) >= 11 is 0. The Kier molecular flexibility index (Phi) is 3.65. The number of urea groups is 1. The van der Waals surface area contributed by atoms with Gasteiger partial charge in [-0.2, -0.15) is 5.26 Å². The lowest BCUT2D eigenvalue weighted by Gasteiger charge is -2.12. The van der Waals surface area contributed by atoms with Crippen molar-refractivity contribution in [1.29, 1.82) is 5.26 Å². The van der Waals surface area contributed by atoms with Gasteiger partial charge in [0.05, 0.1) is 23.9 Å². The van der Waals surface area contributed by atoms with Gasteiger partial charge in [-0.15, -0.1) is 0 Å². The number of ether oxygens (including phenoxy) is 1. The summed E-state index contributed by atoms with van der Waals surface area (Å²) in [5.74, 6) is 0. The molecule has 0 aliphatic carbocycles. The number of nitrogen functional groups attached to an aromatic ring is 1. The number of rotatable bonds is 2. The molecule has 2 rings (SSSR count). The summed E-state index contributed by atoms with van der Waals surface area (Å²) in [6.07, 6.45) is 0.806. The number of nitrogens with two attached hydrogens (primary N) is 1. The van der Waals surface area contributed by atoms with Gasteiger partial charge in [-0.05, 0) is 24.6 Å². The standard InChI is InChI=1S/C12H14N4O2/c13-6-8-5-9(14)1-2-11(8)16-12(17)15-10-3-4-18-7-10/h1-2,5,10H,3-4,7,14H2,(H2,15,16,17). The highest BCUT2D eigenvalue weighted by Crippen LogP contribution is 2.17. The Morgan fingerprint density at radius 1 is 1.56 bits per heavy atom. The molecule has 6 heteroatoms. The van der Waals surface area contributed by atoms with Crippen molar-refractivity contribution in [3.8, 4) is 6.07 Å². The van der Waals surface area contributed by atoms with E-state index in [4.69, 9.17) is 15.7 Å². The SMILES string of the molecule is N#Cc1cc(N)ccc1NC(=O)NC1CCOC1. The minimum atomic E-state index is -0.341. The van der Waals surface area contributed by atoms with Crippen molar-refractivity contribution < 1.29 is 9.53 Å². The summed E-state index contributed by atoms with van der Waals surface area (Å²) in [5, 5.41) is 14.4. The molecule has 0 aromatic heterocycles. The van der Waals surface area contributed by atoms with Crippen LogP contribution >= 0.6 is 0 Å².